The predicted octanol–water partition coefficient (Wildman–Crippen LogP) is 2.22. The van der Waals surface area contributed by atoms with Crippen LogP contribution in [0.5, 0.6) is 0 Å². The number of nitrogen functional groups attached to an aromatic ring is 1. The zero-order valence-electron chi connectivity index (χ0n) is 10.5. The number of hydrogen-bond donors (Lipinski definition) is 1. The van der Waals surface area contributed by atoms with Crippen LogP contribution in [-0.4, -0.2) is 20.2 Å². The largest absolute Gasteiger partial charge is 0.399 e. The molecule has 3 rings (SSSR count). The molecule has 1 heterocycles. The maximum Gasteiger partial charge on any atom is 0.187 e. The Bertz CT molecular complexity index is 683. The minimum Gasteiger partial charge on any atom is -0.399 e. The van der Waals surface area contributed by atoms with E-state index in [1.165, 1.54) is 0 Å². The number of nitrogens with zero attached hydrogens (tertiary/aromatic N) is 4. The molecule has 19 heavy (non-hydrogen) atoms. The fraction of sp³-hybridized carbons (Fsp3) is 0.0714. The second-order valence-electron chi connectivity index (χ2n) is 4.38. The number of anilines is 1. The molecule has 0 aliphatic carbocycles. The molecule has 1 aromatic heterocycles. The summed E-state index contributed by atoms with van der Waals surface area (Å²) in [6, 6.07) is 15.6. The van der Waals surface area contributed by atoms with E-state index < -0.39 is 0 Å². The monoisotopic (exact) mass is 251 g/mol. The maximum atomic E-state index is 5.88. The molecule has 0 atom stereocenters. The first-order valence-electron chi connectivity index (χ1n) is 5.95. The second-order valence-corrected chi connectivity index (χ2v) is 4.38. The van der Waals surface area contributed by atoms with Crippen molar-refractivity contribution in [3.63, 3.8) is 0 Å². The van der Waals surface area contributed by atoms with Gasteiger partial charge in [-0.2, -0.15) is 4.68 Å². The summed E-state index contributed by atoms with van der Waals surface area (Å²) in [4.78, 5) is 0. The van der Waals surface area contributed by atoms with Crippen LogP contribution in [0.15, 0.2) is 48.5 Å². The molecule has 0 bridgehead atoms. The lowest BCUT2D eigenvalue weighted by Gasteiger charge is -2.06. The summed E-state index contributed by atoms with van der Waals surface area (Å²) in [5.41, 5.74) is 9.49. The van der Waals surface area contributed by atoms with Crippen molar-refractivity contribution in [2.24, 2.45) is 0 Å². The Kier molecular flexibility index (Phi) is 2.72. The fourth-order valence-electron chi connectivity index (χ4n) is 2.05. The zero-order valence-corrected chi connectivity index (χ0v) is 10.5. The number of aryl methyl sites for hydroxylation is 1. The Morgan fingerprint density at radius 1 is 1.05 bits per heavy atom. The third-order valence-corrected chi connectivity index (χ3v) is 2.83. The second kappa shape index (κ2) is 4.53. The van der Waals surface area contributed by atoms with Gasteiger partial charge in [0, 0.05) is 11.3 Å². The van der Waals surface area contributed by atoms with Crippen LogP contribution in [0, 0.1) is 6.92 Å². The van der Waals surface area contributed by atoms with Gasteiger partial charge in [0.25, 0.3) is 0 Å². The highest BCUT2D eigenvalue weighted by atomic mass is 15.5. The van der Waals surface area contributed by atoms with Gasteiger partial charge in [0.2, 0.25) is 0 Å². The van der Waals surface area contributed by atoms with E-state index in [9.17, 15) is 0 Å². The lowest BCUT2D eigenvalue weighted by Crippen LogP contribution is -2.00. The third kappa shape index (κ3) is 2.18. The minimum absolute atomic E-state index is 0.682. The molecular formula is C14H13N5. The standard InChI is InChI=1S/C14H13N5/c1-10-7-11(9-12(15)8-10)14-16-17-18-19(14)13-5-3-2-4-6-13/h2-9H,15H2,1H3. The van der Waals surface area contributed by atoms with E-state index in [0.29, 0.717) is 11.5 Å². The van der Waals surface area contributed by atoms with Gasteiger partial charge in [-0.3, -0.25) is 0 Å². The third-order valence-electron chi connectivity index (χ3n) is 2.83. The zero-order chi connectivity index (χ0) is 13.2. The highest BCUT2D eigenvalue weighted by molar-refractivity contribution is 5.64. The van der Waals surface area contributed by atoms with Gasteiger partial charge in [-0.25, -0.2) is 0 Å². The van der Waals surface area contributed by atoms with Crippen LogP contribution in [0.1, 0.15) is 5.56 Å². The normalized spacial score (nSPS) is 10.6. The Morgan fingerprint density at radius 2 is 1.84 bits per heavy atom. The first kappa shape index (κ1) is 11.4. The SMILES string of the molecule is Cc1cc(N)cc(-c2nnnn2-c2ccccc2)c1. The van der Waals surface area contributed by atoms with Crippen molar-refractivity contribution in [3.8, 4) is 17.1 Å². The number of benzene rings is 2. The van der Waals surface area contributed by atoms with E-state index in [0.717, 1.165) is 16.8 Å². The molecule has 0 aliphatic heterocycles. The quantitative estimate of drug-likeness (QED) is 0.709. The molecule has 5 heteroatoms. The number of hydrogen-bond acceptors (Lipinski definition) is 4. The van der Waals surface area contributed by atoms with Gasteiger partial charge in [-0.15, -0.1) is 5.10 Å². The Morgan fingerprint density at radius 3 is 2.58 bits per heavy atom. The molecule has 3 aromatic rings. The Labute approximate surface area is 110 Å². The highest BCUT2D eigenvalue weighted by Gasteiger charge is 2.11. The van der Waals surface area contributed by atoms with Crippen LogP contribution in [0.25, 0.3) is 17.1 Å². The van der Waals surface area contributed by atoms with Gasteiger partial charge >= 0.3 is 0 Å². The summed E-state index contributed by atoms with van der Waals surface area (Å²) in [5, 5.41) is 11.9. The molecule has 0 aliphatic rings. The van der Waals surface area contributed by atoms with Crippen LogP contribution in [0.3, 0.4) is 0 Å². The molecule has 2 aromatic carbocycles. The highest BCUT2D eigenvalue weighted by Crippen LogP contribution is 2.22. The van der Waals surface area contributed by atoms with E-state index in [1.807, 2.05) is 55.5 Å². The van der Waals surface area contributed by atoms with E-state index in [2.05, 4.69) is 15.5 Å². The first-order chi connectivity index (χ1) is 9.24. The van der Waals surface area contributed by atoms with Gasteiger partial charge in [-0.1, -0.05) is 18.2 Å². The molecular weight excluding hydrogens is 238 g/mol. The van der Waals surface area contributed by atoms with Crippen molar-refractivity contribution in [2.45, 2.75) is 6.92 Å². The molecule has 0 fully saturated rings. The van der Waals surface area contributed by atoms with Crippen molar-refractivity contribution in [1.29, 1.82) is 0 Å². The smallest absolute Gasteiger partial charge is 0.187 e. The van der Waals surface area contributed by atoms with Crippen molar-refractivity contribution in [1.82, 2.24) is 20.2 Å². The van der Waals surface area contributed by atoms with Crippen molar-refractivity contribution in [3.05, 3.63) is 54.1 Å². The summed E-state index contributed by atoms with van der Waals surface area (Å²) >= 11 is 0. The number of rotatable bonds is 2. The topological polar surface area (TPSA) is 69.6 Å². The van der Waals surface area contributed by atoms with Crippen molar-refractivity contribution >= 4 is 5.69 Å². The maximum absolute atomic E-state index is 5.88. The van der Waals surface area contributed by atoms with Gasteiger partial charge in [0.15, 0.2) is 5.82 Å². The molecule has 0 saturated heterocycles. The fourth-order valence-corrected chi connectivity index (χ4v) is 2.05. The molecule has 5 nitrogen and oxygen atoms in total. The lowest BCUT2D eigenvalue weighted by atomic mass is 10.1. The molecule has 0 radical (unpaired) electrons. The molecule has 0 unspecified atom stereocenters. The summed E-state index contributed by atoms with van der Waals surface area (Å²) in [7, 11) is 0. The summed E-state index contributed by atoms with van der Waals surface area (Å²) in [5.74, 6) is 0.682. The summed E-state index contributed by atoms with van der Waals surface area (Å²) in [6.07, 6.45) is 0. The van der Waals surface area contributed by atoms with Crippen molar-refractivity contribution < 1.29 is 0 Å². The van der Waals surface area contributed by atoms with Gasteiger partial charge in [0.1, 0.15) is 0 Å². The first-order valence-corrected chi connectivity index (χ1v) is 5.95. The van der Waals surface area contributed by atoms with Gasteiger partial charge < -0.3 is 5.73 Å². The van der Waals surface area contributed by atoms with E-state index in [4.69, 9.17) is 5.73 Å². The van der Waals surface area contributed by atoms with Crippen LogP contribution >= 0.6 is 0 Å². The minimum atomic E-state index is 0.682. The van der Waals surface area contributed by atoms with E-state index >= 15 is 0 Å². The van der Waals surface area contributed by atoms with Crippen LogP contribution in [0.4, 0.5) is 5.69 Å². The van der Waals surface area contributed by atoms with Gasteiger partial charge in [0.05, 0.1) is 5.69 Å². The van der Waals surface area contributed by atoms with Crippen molar-refractivity contribution in [2.75, 3.05) is 5.73 Å². The van der Waals surface area contributed by atoms with Crippen LogP contribution in [0.2, 0.25) is 0 Å². The molecule has 94 valence electrons. The predicted molar refractivity (Wildman–Crippen MR) is 73.7 cm³/mol. The molecule has 0 amide bonds. The van der Waals surface area contributed by atoms with E-state index in [-0.39, 0.29) is 0 Å². The van der Waals surface area contributed by atoms with Crippen LogP contribution < -0.4 is 5.73 Å². The van der Waals surface area contributed by atoms with Crippen LogP contribution in [-0.2, 0) is 0 Å². The number of tetrazole rings is 1. The Hall–Kier alpha value is -2.69. The summed E-state index contributed by atoms with van der Waals surface area (Å²) in [6.45, 7) is 2.00. The number of nitrogens with two attached hydrogens (primary N) is 1. The lowest BCUT2D eigenvalue weighted by molar-refractivity contribution is 0.791. The molecule has 0 spiro atoms. The number of aromatic nitrogens is 4. The molecule has 2 N–H and O–H groups in total. The summed E-state index contributed by atoms with van der Waals surface area (Å²) < 4.78 is 1.70. The Balaban J connectivity index is 2.15. The average molecular weight is 251 g/mol. The molecule has 0 saturated carbocycles. The van der Waals surface area contributed by atoms with Gasteiger partial charge in [-0.05, 0) is 53.2 Å². The average Bonchev–Trinajstić information content (AvgIpc) is 2.88. The number of para-hydroxylation sites is 1. The van der Waals surface area contributed by atoms with E-state index in [1.54, 1.807) is 4.68 Å².